The van der Waals surface area contributed by atoms with E-state index in [9.17, 15) is 9.50 Å². The SMILES string of the molecule is OC(c1ccc(F)c(Br)c1)c1ccccc1Br. The van der Waals surface area contributed by atoms with Crippen molar-refractivity contribution < 1.29 is 9.50 Å². The van der Waals surface area contributed by atoms with E-state index in [0.717, 1.165) is 10.0 Å². The van der Waals surface area contributed by atoms with Crippen LogP contribution in [0.25, 0.3) is 0 Å². The Hall–Kier alpha value is -0.710. The zero-order chi connectivity index (χ0) is 12.4. The number of hydrogen-bond acceptors (Lipinski definition) is 1. The van der Waals surface area contributed by atoms with Gasteiger partial charge in [0.25, 0.3) is 0 Å². The maximum absolute atomic E-state index is 13.1. The first-order valence-electron chi connectivity index (χ1n) is 4.97. The lowest BCUT2D eigenvalue weighted by molar-refractivity contribution is 0.219. The van der Waals surface area contributed by atoms with Crippen molar-refractivity contribution in [3.63, 3.8) is 0 Å². The molecule has 0 fully saturated rings. The molecule has 4 heteroatoms. The van der Waals surface area contributed by atoms with E-state index in [-0.39, 0.29) is 5.82 Å². The predicted molar refractivity (Wildman–Crippen MR) is 72.3 cm³/mol. The van der Waals surface area contributed by atoms with E-state index in [2.05, 4.69) is 31.9 Å². The van der Waals surface area contributed by atoms with E-state index in [0.29, 0.717) is 10.0 Å². The lowest BCUT2D eigenvalue weighted by Gasteiger charge is -2.13. The van der Waals surface area contributed by atoms with E-state index in [4.69, 9.17) is 0 Å². The first-order valence-corrected chi connectivity index (χ1v) is 6.55. The predicted octanol–water partition coefficient (Wildman–Crippen LogP) is 4.43. The van der Waals surface area contributed by atoms with Gasteiger partial charge in [-0.15, -0.1) is 0 Å². The van der Waals surface area contributed by atoms with Crippen molar-refractivity contribution in [3.8, 4) is 0 Å². The number of rotatable bonds is 2. The minimum Gasteiger partial charge on any atom is -0.384 e. The van der Waals surface area contributed by atoms with Crippen molar-refractivity contribution >= 4 is 31.9 Å². The standard InChI is InChI=1S/C13H9Br2FO/c14-10-4-2-1-3-9(10)13(17)8-5-6-12(16)11(15)7-8/h1-7,13,17H. The lowest BCUT2D eigenvalue weighted by atomic mass is 10.0. The molecule has 0 aromatic heterocycles. The summed E-state index contributed by atoms with van der Waals surface area (Å²) in [5.41, 5.74) is 1.40. The molecule has 0 aliphatic heterocycles. The van der Waals surface area contributed by atoms with Gasteiger partial charge in [-0.25, -0.2) is 4.39 Å². The van der Waals surface area contributed by atoms with Crippen molar-refractivity contribution in [1.29, 1.82) is 0 Å². The normalized spacial score (nSPS) is 12.5. The van der Waals surface area contributed by atoms with E-state index in [1.807, 2.05) is 24.3 Å². The molecule has 1 nitrogen and oxygen atoms in total. The Morgan fingerprint density at radius 1 is 1.00 bits per heavy atom. The van der Waals surface area contributed by atoms with Crippen LogP contribution in [-0.2, 0) is 0 Å². The van der Waals surface area contributed by atoms with Crippen molar-refractivity contribution in [3.05, 3.63) is 68.4 Å². The van der Waals surface area contributed by atoms with Crippen molar-refractivity contribution in [2.75, 3.05) is 0 Å². The molecule has 2 aromatic rings. The Balaban J connectivity index is 2.40. The average Bonchev–Trinajstić information content (AvgIpc) is 2.32. The second kappa shape index (κ2) is 5.29. The van der Waals surface area contributed by atoms with Gasteiger partial charge in [-0.05, 0) is 45.3 Å². The molecule has 0 radical (unpaired) electrons. The second-order valence-corrected chi connectivity index (χ2v) is 5.31. The summed E-state index contributed by atoms with van der Waals surface area (Å²) in [7, 11) is 0. The minimum absolute atomic E-state index is 0.340. The molecule has 1 unspecified atom stereocenters. The molecular weight excluding hydrogens is 351 g/mol. The molecule has 2 rings (SSSR count). The van der Waals surface area contributed by atoms with E-state index >= 15 is 0 Å². The van der Waals surface area contributed by atoms with Crippen LogP contribution in [0, 0.1) is 5.82 Å². The quantitative estimate of drug-likeness (QED) is 0.840. The number of benzene rings is 2. The Labute approximate surface area is 116 Å². The van der Waals surface area contributed by atoms with Crippen molar-refractivity contribution in [2.24, 2.45) is 0 Å². The summed E-state index contributed by atoms with van der Waals surface area (Å²) in [6.07, 6.45) is -0.775. The fraction of sp³-hybridized carbons (Fsp3) is 0.0769. The van der Waals surface area contributed by atoms with Gasteiger partial charge < -0.3 is 5.11 Å². The Bertz CT molecular complexity index is 543. The van der Waals surface area contributed by atoms with Gasteiger partial charge in [0.2, 0.25) is 0 Å². The molecule has 0 saturated heterocycles. The zero-order valence-electron chi connectivity index (χ0n) is 8.70. The molecule has 0 aliphatic carbocycles. The molecule has 1 N–H and O–H groups in total. The smallest absolute Gasteiger partial charge is 0.137 e. The summed E-state index contributed by atoms with van der Waals surface area (Å²) < 4.78 is 14.3. The second-order valence-electron chi connectivity index (χ2n) is 3.60. The fourth-order valence-corrected chi connectivity index (χ4v) is 2.46. The van der Waals surface area contributed by atoms with Crippen LogP contribution in [-0.4, -0.2) is 5.11 Å². The van der Waals surface area contributed by atoms with E-state index < -0.39 is 6.10 Å². The monoisotopic (exact) mass is 358 g/mol. The molecule has 0 bridgehead atoms. The summed E-state index contributed by atoms with van der Waals surface area (Å²) in [5.74, 6) is -0.340. The molecular formula is C13H9Br2FO. The van der Waals surface area contributed by atoms with E-state index in [1.54, 1.807) is 12.1 Å². The summed E-state index contributed by atoms with van der Waals surface area (Å²) >= 11 is 6.49. The van der Waals surface area contributed by atoms with Crippen LogP contribution in [0.5, 0.6) is 0 Å². The number of hydrogen-bond donors (Lipinski definition) is 1. The van der Waals surface area contributed by atoms with Crippen LogP contribution >= 0.6 is 31.9 Å². The summed E-state index contributed by atoms with van der Waals surface area (Å²) in [5, 5.41) is 10.2. The molecule has 0 heterocycles. The van der Waals surface area contributed by atoms with Crippen LogP contribution in [0.4, 0.5) is 4.39 Å². The Morgan fingerprint density at radius 3 is 2.35 bits per heavy atom. The molecule has 17 heavy (non-hydrogen) atoms. The first kappa shape index (κ1) is 12.7. The van der Waals surface area contributed by atoms with Gasteiger partial charge in [0.1, 0.15) is 11.9 Å². The molecule has 0 saturated carbocycles. The number of aliphatic hydroxyl groups is 1. The Morgan fingerprint density at radius 2 is 1.71 bits per heavy atom. The van der Waals surface area contributed by atoms with Gasteiger partial charge in [-0.1, -0.05) is 40.2 Å². The molecule has 1 atom stereocenters. The van der Waals surface area contributed by atoms with Crippen LogP contribution in [0.2, 0.25) is 0 Å². The summed E-state index contributed by atoms with van der Waals surface area (Å²) in [6, 6.07) is 11.9. The van der Waals surface area contributed by atoms with E-state index in [1.165, 1.54) is 6.07 Å². The van der Waals surface area contributed by atoms with Gasteiger partial charge >= 0.3 is 0 Å². The topological polar surface area (TPSA) is 20.2 Å². The highest BCUT2D eigenvalue weighted by molar-refractivity contribution is 9.10. The molecule has 0 aliphatic rings. The van der Waals surface area contributed by atoms with Gasteiger partial charge in [-0.3, -0.25) is 0 Å². The average molecular weight is 360 g/mol. The summed E-state index contributed by atoms with van der Waals surface area (Å²) in [6.45, 7) is 0. The molecule has 0 amide bonds. The lowest BCUT2D eigenvalue weighted by Crippen LogP contribution is -2.00. The summed E-state index contributed by atoms with van der Waals surface area (Å²) in [4.78, 5) is 0. The molecule has 88 valence electrons. The highest BCUT2D eigenvalue weighted by Gasteiger charge is 2.14. The van der Waals surface area contributed by atoms with Crippen molar-refractivity contribution in [1.82, 2.24) is 0 Å². The maximum atomic E-state index is 13.1. The third kappa shape index (κ3) is 2.76. The zero-order valence-corrected chi connectivity index (χ0v) is 11.9. The van der Waals surface area contributed by atoms with Crippen LogP contribution < -0.4 is 0 Å². The van der Waals surface area contributed by atoms with Gasteiger partial charge in [-0.2, -0.15) is 0 Å². The third-order valence-corrected chi connectivity index (χ3v) is 3.79. The molecule has 0 spiro atoms. The van der Waals surface area contributed by atoms with Crippen LogP contribution in [0.3, 0.4) is 0 Å². The van der Waals surface area contributed by atoms with Gasteiger partial charge in [0, 0.05) is 4.47 Å². The van der Waals surface area contributed by atoms with Gasteiger partial charge in [0.15, 0.2) is 0 Å². The number of halogens is 3. The fourth-order valence-electron chi connectivity index (χ4n) is 1.56. The third-order valence-electron chi connectivity index (χ3n) is 2.46. The highest BCUT2D eigenvalue weighted by Crippen LogP contribution is 2.30. The Kier molecular flexibility index (Phi) is 3.97. The van der Waals surface area contributed by atoms with Crippen LogP contribution in [0.15, 0.2) is 51.4 Å². The number of aliphatic hydroxyl groups excluding tert-OH is 1. The molecule has 2 aromatic carbocycles. The van der Waals surface area contributed by atoms with Crippen LogP contribution in [0.1, 0.15) is 17.2 Å². The largest absolute Gasteiger partial charge is 0.384 e. The highest BCUT2D eigenvalue weighted by atomic mass is 79.9. The first-order chi connectivity index (χ1) is 8.09. The van der Waals surface area contributed by atoms with Crippen molar-refractivity contribution in [2.45, 2.75) is 6.10 Å². The van der Waals surface area contributed by atoms with Gasteiger partial charge in [0.05, 0.1) is 4.47 Å². The minimum atomic E-state index is -0.775. The maximum Gasteiger partial charge on any atom is 0.137 e.